The zero-order valence-corrected chi connectivity index (χ0v) is 6.75. The van der Waals surface area contributed by atoms with Gasteiger partial charge >= 0.3 is 0 Å². The summed E-state index contributed by atoms with van der Waals surface area (Å²) in [7, 11) is 0. The van der Waals surface area contributed by atoms with Gasteiger partial charge in [-0.05, 0) is 12.8 Å². The van der Waals surface area contributed by atoms with Crippen LogP contribution in [0.5, 0.6) is 0 Å². The molecule has 1 saturated carbocycles. The minimum Gasteiger partial charge on any atom is -0.329 e. The second-order valence-corrected chi connectivity index (χ2v) is 2.99. The number of hydrogen-bond donors (Lipinski definition) is 1. The van der Waals surface area contributed by atoms with E-state index in [1.54, 1.807) is 0 Å². The van der Waals surface area contributed by atoms with Crippen LogP contribution in [0.4, 0.5) is 0 Å². The van der Waals surface area contributed by atoms with Crippen molar-refractivity contribution in [2.75, 3.05) is 13.1 Å². The predicted octanol–water partition coefficient (Wildman–Crippen LogP) is 0.266. The van der Waals surface area contributed by atoms with Gasteiger partial charge in [-0.25, -0.2) is 5.32 Å². The molecular formula is C8H15N2O. The molecular weight excluding hydrogens is 140 g/mol. The minimum absolute atomic E-state index is 0.0768. The summed E-state index contributed by atoms with van der Waals surface area (Å²) in [5.41, 5.74) is 5.23. The molecule has 1 radical (unpaired) electrons. The van der Waals surface area contributed by atoms with E-state index in [0.29, 0.717) is 13.1 Å². The summed E-state index contributed by atoms with van der Waals surface area (Å²) in [5.74, 6) is 0.300. The number of carbonyl (C=O) groups is 1. The fraction of sp³-hybridized carbons (Fsp3) is 0.875. The lowest BCUT2D eigenvalue weighted by Gasteiger charge is -2.05. The molecule has 0 saturated heterocycles. The minimum atomic E-state index is 0.0768. The van der Waals surface area contributed by atoms with Crippen molar-refractivity contribution in [2.45, 2.75) is 25.7 Å². The van der Waals surface area contributed by atoms with E-state index < -0.39 is 0 Å². The van der Waals surface area contributed by atoms with Gasteiger partial charge in [0.2, 0.25) is 5.91 Å². The highest BCUT2D eigenvalue weighted by Crippen LogP contribution is 2.24. The Kier molecular flexibility index (Phi) is 3.36. The van der Waals surface area contributed by atoms with Crippen LogP contribution in [0.3, 0.4) is 0 Å². The van der Waals surface area contributed by atoms with E-state index in [-0.39, 0.29) is 11.8 Å². The van der Waals surface area contributed by atoms with Crippen molar-refractivity contribution >= 4 is 5.91 Å². The topological polar surface area (TPSA) is 57.2 Å². The third-order valence-electron chi connectivity index (χ3n) is 2.10. The van der Waals surface area contributed by atoms with E-state index in [1.165, 1.54) is 12.8 Å². The van der Waals surface area contributed by atoms with Crippen LogP contribution < -0.4 is 11.1 Å². The van der Waals surface area contributed by atoms with Crippen molar-refractivity contribution in [1.82, 2.24) is 5.32 Å². The Balaban J connectivity index is 2.17. The Morgan fingerprint density at radius 3 is 2.64 bits per heavy atom. The van der Waals surface area contributed by atoms with Gasteiger partial charge in [0.05, 0.1) is 6.54 Å². The summed E-state index contributed by atoms with van der Waals surface area (Å²) >= 11 is 0. The van der Waals surface area contributed by atoms with Crippen LogP contribution in [0.1, 0.15) is 25.7 Å². The highest BCUT2D eigenvalue weighted by atomic mass is 16.1. The molecule has 1 rings (SSSR count). The van der Waals surface area contributed by atoms with E-state index in [2.05, 4.69) is 5.32 Å². The zero-order chi connectivity index (χ0) is 8.10. The normalized spacial score (nSPS) is 18.6. The number of nitrogens with zero attached hydrogens (tertiary/aromatic N) is 1. The average Bonchev–Trinajstić information content (AvgIpc) is 2.52. The van der Waals surface area contributed by atoms with Gasteiger partial charge in [0, 0.05) is 12.5 Å². The molecule has 0 aromatic rings. The summed E-state index contributed by atoms with van der Waals surface area (Å²) in [6.07, 6.45) is 4.45. The van der Waals surface area contributed by atoms with Crippen LogP contribution in [-0.4, -0.2) is 19.0 Å². The van der Waals surface area contributed by atoms with Crippen molar-refractivity contribution < 1.29 is 4.79 Å². The first-order valence-electron chi connectivity index (χ1n) is 4.26. The molecule has 3 heteroatoms. The van der Waals surface area contributed by atoms with Gasteiger partial charge in [-0.3, -0.25) is 4.79 Å². The Labute approximate surface area is 67.3 Å². The molecule has 3 nitrogen and oxygen atoms in total. The standard InChI is InChI=1S/C8H15N2O/c9-5-6-10-8(11)7-3-1-2-4-7/h7H,1-6,9H2. The van der Waals surface area contributed by atoms with E-state index in [9.17, 15) is 4.79 Å². The van der Waals surface area contributed by atoms with Gasteiger partial charge in [0.25, 0.3) is 0 Å². The highest BCUT2D eigenvalue weighted by molar-refractivity contribution is 5.78. The molecule has 0 aromatic carbocycles. The van der Waals surface area contributed by atoms with E-state index in [4.69, 9.17) is 5.73 Å². The maximum atomic E-state index is 11.2. The molecule has 0 spiro atoms. The molecule has 0 atom stereocenters. The van der Waals surface area contributed by atoms with Gasteiger partial charge < -0.3 is 5.73 Å². The zero-order valence-electron chi connectivity index (χ0n) is 6.75. The van der Waals surface area contributed by atoms with Crippen LogP contribution in [0.15, 0.2) is 0 Å². The van der Waals surface area contributed by atoms with Crippen LogP contribution in [0.2, 0.25) is 0 Å². The molecule has 0 aliphatic heterocycles. The molecule has 0 unspecified atom stereocenters. The quantitative estimate of drug-likeness (QED) is 0.635. The van der Waals surface area contributed by atoms with E-state index >= 15 is 0 Å². The molecule has 2 N–H and O–H groups in total. The van der Waals surface area contributed by atoms with Crippen LogP contribution >= 0.6 is 0 Å². The second-order valence-electron chi connectivity index (χ2n) is 2.99. The van der Waals surface area contributed by atoms with Gasteiger partial charge in [-0.2, -0.15) is 0 Å². The largest absolute Gasteiger partial charge is 0.329 e. The number of hydrogen-bond acceptors (Lipinski definition) is 2. The fourth-order valence-electron chi connectivity index (χ4n) is 1.48. The summed E-state index contributed by atoms with van der Waals surface area (Å²) in [6, 6.07) is 0. The Morgan fingerprint density at radius 2 is 2.09 bits per heavy atom. The summed E-state index contributed by atoms with van der Waals surface area (Å²) in [4.78, 5) is 11.2. The van der Waals surface area contributed by atoms with Crippen LogP contribution in [-0.2, 0) is 4.79 Å². The molecule has 0 heterocycles. The lowest BCUT2D eigenvalue weighted by molar-refractivity contribution is -0.125. The van der Waals surface area contributed by atoms with Crippen molar-refractivity contribution in [3.63, 3.8) is 0 Å². The molecule has 0 bridgehead atoms. The third-order valence-corrected chi connectivity index (χ3v) is 2.10. The monoisotopic (exact) mass is 155 g/mol. The summed E-state index contributed by atoms with van der Waals surface area (Å²) < 4.78 is 0. The molecule has 1 aliphatic carbocycles. The van der Waals surface area contributed by atoms with Crippen molar-refractivity contribution in [1.29, 1.82) is 0 Å². The van der Waals surface area contributed by atoms with Gasteiger partial charge in [-0.15, -0.1) is 0 Å². The van der Waals surface area contributed by atoms with Crippen molar-refractivity contribution in [3.05, 3.63) is 0 Å². The average molecular weight is 155 g/mol. The molecule has 1 fully saturated rings. The number of rotatable bonds is 3. The molecule has 11 heavy (non-hydrogen) atoms. The van der Waals surface area contributed by atoms with Crippen LogP contribution in [0.25, 0.3) is 0 Å². The molecule has 1 amide bonds. The summed E-state index contributed by atoms with van der Waals surface area (Å²) in [5, 5.41) is 3.86. The van der Waals surface area contributed by atoms with Crippen molar-refractivity contribution in [3.8, 4) is 0 Å². The predicted molar refractivity (Wildman–Crippen MR) is 43.0 cm³/mol. The van der Waals surface area contributed by atoms with Gasteiger partial charge in [0.15, 0.2) is 0 Å². The van der Waals surface area contributed by atoms with Gasteiger partial charge in [0.1, 0.15) is 0 Å². The lowest BCUT2D eigenvalue weighted by atomic mass is 10.1. The van der Waals surface area contributed by atoms with E-state index in [0.717, 1.165) is 12.8 Å². The molecule has 63 valence electrons. The Morgan fingerprint density at radius 1 is 1.45 bits per heavy atom. The SMILES string of the molecule is NCC[N]C(=O)C1CCCC1. The van der Waals surface area contributed by atoms with Crippen molar-refractivity contribution in [2.24, 2.45) is 11.7 Å². The van der Waals surface area contributed by atoms with Gasteiger partial charge in [-0.1, -0.05) is 12.8 Å². The maximum Gasteiger partial charge on any atom is 0.244 e. The highest BCUT2D eigenvalue weighted by Gasteiger charge is 2.22. The lowest BCUT2D eigenvalue weighted by Crippen LogP contribution is -2.27. The fourth-order valence-corrected chi connectivity index (χ4v) is 1.48. The first-order valence-corrected chi connectivity index (χ1v) is 4.26. The number of carbonyl (C=O) groups excluding carboxylic acids is 1. The molecule has 1 aliphatic rings. The number of nitrogens with two attached hydrogens (primary N) is 1. The molecule has 0 aromatic heterocycles. The van der Waals surface area contributed by atoms with E-state index in [1.807, 2.05) is 0 Å². The first kappa shape index (κ1) is 8.53. The Bertz CT molecular complexity index is 130. The summed E-state index contributed by atoms with van der Waals surface area (Å²) in [6.45, 7) is 0.980. The second kappa shape index (κ2) is 4.34. The maximum absolute atomic E-state index is 11.2. The Hall–Kier alpha value is -0.570. The third kappa shape index (κ3) is 2.50. The number of amides is 1. The first-order chi connectivity index (χ1) is 5.34. The smallest absolute Gasteiger partial charge is 0.244 e. The van der Waals surface area contributed by atoms with Crippen LogP contribution in [0, 0.1) is 5.92 Å².